The lowest BCUT2D eigenvalue weighted by Gasteiger charge is -2.24. The molecule has 297 valence electrons. The van der Waals surface area contributed by atoms with Gasteiger partial charge in [0.05, 0.1) is 11.2 Å². The van der Waals surface area contributed by atoms with Crippen molar-refractivity contribution >= 4 is 127 Å². The second-order valence-electron chi connectivity index (χ2n) is 19.2. The van der Waals surface area contributed by atoms with Crippen LogP contribution < -0.4 is 16.2 Å². The maximum atomic E-state index is 7.23. The van der Waals surface area contributed by atoms with Crippen LogP contribution in [0.4, 0.5) is 11.4 Å². The van der Waals surface area contributed by atoms with Crippen molar-refractivity contribution < 1.29 is 8.83 Å². The zero-order valence-electron chi connectivity index (χ0n) is 35.5. The number of para-hydroxylation sites is 2. The Morgan fingerprint density at radius 2 is 1.24 bits per heavy atom. The van der Waals surface area contributed by atoms with E-state index in [1.807, 2.05) is 17.4 Å². The minimum atomic E-state index is -0.0369. The molecule has 1 aliphatic heterocycles. The molecule has 12 aromatic rings. The molecule has 0 unspecified atom stereocenters. The van der Waals surface area contributed by atoms with Gasteiger partial charge in [-0.1, -0.05) is 126 Å². The highest BCUT2D eigenvalue weighted by atomic mass is 32.1. The fourth-order valence-corrected chi connectivity index (χ4v) is 11.3. The minimum Gasteiger partial charge on any atom is -0.456 e. The third kappa shape index (κ3) is 5.07. The number of nitrogens with one attached hydrogen (secondary N) is 1. The molecule has 62 heavy (non-hydrogen) atoms. The second-order valence-corrected chi connectivity index (χ2v) is 20.3. The van der Waals surface area contributed by atoms with Crippen molar-refractivity contribution in [2.75, 3.05) is 5.32 Å². The van der Waals surface area contributed by atoms with Crippen LogP contribution in [0.25, 0.3) is 103 Å². The monoisotopic (exact) mass is 817 g/mol. The van der Waals surface area contributed by atoms with Crippen molar-refractivity contribution in [3.05, 3.63) is 151 Å². The number of furan rings is 2. The molecule has 4 aromatic heterocycles. The Morgan fingerprint density at radius 3 is 2.02 bits per heavy atom. The molecule has 1 N–H and O–H groups in total. The summed E-state index contributed by atoms with van der Waals surface area (Å²) in [6.07, 6.45) is 0. The van der Waals surface area contributed by atoms with Gasteiger partial charge in [0.15, 0.2) is 7.28 Å². The second kappa shape index (κ2) is 12.4. The highest BCUT2D eigenvalue weighted by Crippen LogP contribution is 2.49. The summed E-state index contributed by atoms with van der Waals surface area (Å²) in [7, 11) is 2.44. The molecule has 6 heteroatoms. The first-order valence-electron chi connectivity index (χ1n) is 21.6. The molecular formula is C56H42BN2O2S. The molecule has 13 rings (SSSR count). The maximum absolute atomic E-state index is 7.23. The van der Waals surface area contributed by atoms with Crippen LogP contribution in [0.3, 0.4) is 0 Å². The van der Waals surface area contributed by atoms with Crippen molar-refractivity contribution in [1.82, 2.24) is 4.57 Å². The first-order chi connectivity index (χ1) is 30.0. The van der Waals surface area contributed by atoms with Gasteiger partial charge >= 0.3 is 0 Å². The third-order valence-electron chi connectivity index (χ3n) is 13.3. The van der Waals surface area contributed by atoms with Gasteiger partial charge < -0.3 is 18.7 Å². The smallest absolute Gasteiger partial charge is 0.198 e. The van der Waals surface area contributed by atoms with Crippen molar-refractivity contribution in [1.29, 1.82) is 0 Å². The Kier molecular flexibility index (Phi) is 7.21. The summed E-state index contributed by atoms with van der Waals surface area (Å²) in [5, 5.41) is 13.4. The Balaban J connectivity index is 1.20. The van der Waals surface area contributed by atoms with E-state index in [2.05, 4.69) is 192 Å². The molecule has 0 fully saturated rings. The minimum absolute atomic E-state index is 0.0369. The number of nitrogens with zero attached hydrogens (tertiary/aromatic N) is 1. The fourth-order valence-electron chi connectivity index (χ4n) is 10.2. The number of hydrogen-bond donors (Lipinski definition) is 1. The largest absolute Gasteiger partial charge is 0.456 e. The van der Waals surface area contributed by atoms with Crippen LogP contribution in [0.1, 0.15) is 52.7 Å². The quantitative estimate of drug-likeness (QED) is 0.181. The Morgan fingerprint density at radius 1 is 0.548 bits per heavy atom. The molecule has 0 atom stereocenters. The molecule has 0 aliphatic carbocycles. The lowest BCUT2D eigenvalue weighted by molar-refractivity contribution is 0.590. The fraction of sp³-hybridized carbons (Fsp3) is 0.143. The Hall–Kier alpha value is -6.76. The van der Waals surface area contributed by atoms with E-state index in [-0.39, 0.29) is 10.8 Å². The number of hydrogen-bond acceptors (Lipinski definition) is 4. The molecule has 4 nitrogen and oxygen atoms in total. The molecule has 1 radical (unpaired) electrons. The highest BCUT2D eigenvalue weighted by molar-refractivity contribution is 7.25. The van der Waals surface area contributed by atoms with Gasteiger partial charge in [0.25, 0.3) is 0 Å². The number of benzene rings is 8. The summed E-state index contributed by atoms with van der Waals surface area (Å²) in [6, 6.07) is 51.1. The van der Waals surface area contributed by atoms with Gasteiger partial charge in [-0.3, -0.25) is 0 Å². The van der Waals surface area contributed by atoms with Gasteiger partial charge in [-0.15, -0.1) is 11.3 Å². The molecule has 1 aliphatic rings. The van der Waals surface area contributed by atoms with Gasteiger partial charge in [-0.25, -0.2) is 0 Å². The summed E-state index contributed by atoms with van der Waals surface area (Å²) < 4.78 is 19.0. The molecule has 0 spiro atoms. The standard InChI is InChI=1S/C56H42BN2O2S/c1-55(2,3)30-19-22-32(23-20-30)58-41-28-46-36(33-13-7-10-16-44(33)60-46)26-38(41)51-52-53-49(50-35-15-8-11-17-45(35)61-54(50)51)39-25-31(56(4,5)6)21-24-42(39)59(53)43-29-48-37(27-40(43)57-52)34-14-9-12-18-47(34)62-48/h7-29,58H,1-6H3. The zero-order valence-corrected chi connectivity index (χ0v) is 36.3. The topological polar surface area (TPSA) is 43.2 Å². The molecule has 0 saturated heterocycles. The Labute approximate surface area is 363 Å². The van der Waals surface area contributed by atoms with Crippen LogP contribution >= 0.6 is 11.3 Å². The molecule has 0 amide bonds. The van der Waals surface area contributed by atoms with E-state index < -0.39 is 0 Å². The van der Waals surface area contributed by atoms with Gasteiger partial charge in [0, 0.05) is 81.2 Å². The van der Waals surface area contributed by atoms with Crippen LogP contribution in [0.2, 0.25) is 0 Å². The number of thiophene rings is 1. The normalized spacial score (nSPS) is 13.1. The van der Waals surface area contributed by atoms with E-state index in [0.717, 1.165) is 71.8 Å². The van der Waals surface area contributed by atoms with Crippen LogP contribution in [-0.4, -0.2) is 11.8 Å². The number of aromatic nitrogens is 1. The highest BCUT2D eigenvalue weighted by Gasteiger charge is 2.33. The summed E-state index contributed by atoms with van der Waals surface area (Å²) >= 11 is 1.87. The number of rotatable bonds is 3. The lowest BCUT2D eigenvalue weighted by atomic mass is 9.58. The lowest BCUT2D eigenvalue weighted by Crippen LogP contribution is -2.37. The van der Waals surface area contributed by atoms with Gasteiger partial charge in [-0.05, 0) is 87.4 Å². The van der Waals surface area contributed by atoms with Crippen LogP contribution in [0.15, 0.2) is 148 Å². The maximum Gasteiger partial charge on any atom is 0.198 e. The van der Waals surface area contributed by atoms with Crippen molar-refractivity contribution in [3.8, 4) is 16.8 Å². The van der Waals surface area contributed by atoms with Gasteiger partial charge in [-0.2, -0.15) is 0 Å². The van der Waals surface area contributed by atoms with Crippen LogP contribution in [-0.2, 0) is 10.8 Å². The van der Waals surface area contributed by atoms with E-state index in [9.17, 15) is 0 Å². The summed E-state index contributed by atoms with van der Waals surface area (Å²) in [5.41, 5.74) is 16.1. The molecular weight excluding hydrogens is 776 g/mol. The van der Waals surface area contributed by atoms with Crippen LogP contribution in [0, 0.1) is 0 Å². The molecule has 8 aromatic carbocycles. The predicted octanol–water partition coefficient (Wildman–Crippen LogP) is 14.9. The van der Waals surface area contributed by atoms with E-state index in [0.29, 0.717) is 0 Å². The summed E-state index contributed by atoms with van der Waals surface area (Å²) in [4.78, 5) is 0. The molecule has 5 heterocycles. The first-order valence-corrected chi connectivity index (χ1v) is 22.4. The predicted molar refractivity (Wildman–Crippen MR) is 266 cm³/mol. The van der Waals surface area contributed by atoms with Gasteiger partial charge in [0.2, 0.25) is 0 Å². The number of fused-ring (bicyclic) bond motifs is 15. The Bertz CT molecular complexity index is 3880. The van der Waals surface area contributed by atoms with Crippen LogP contribution in [0.5, 0.6) is 0 Å². The summed E-state index contributed by atoms with van der Waals surface area (Å²) in [6.45, 7) is 13.7. The average molecular weight is 818 g/mol. The van der Waals surface area contributed by atoms with Gasteiger partial charge in [0.1, 0.15) is 22.3 Å². The van der Waals surface area contributed by atoms with Crippen molar-refractivity contribution in [2.24, 2.45) is 0 Å². The molecule has 0 bridgehead atoms. The third-order valence-corrected chi connectivity index (χ3v) is 14.4. The molecule has 0 saturated carbocycles. The SMILES string of the molecule is CC(C)(C)c1ccc(Nc2cc3oc4ccccc4c3cc2-c2c3c4c(c5cc(C(C)(C)C)ccc5n4-c4cc5sc6ccccc6c5cc4[B]3)c3c2oc2ccccc23)cc1. The van der Waals surface area contributed by atoms with E-state index in [1.165, 1.54) is 64.3 Å². The average Bonchev–Trinajstić information content (AvgIpc) is 4.01. The van der Waals surface area contributed by atoms with Crippen molar-refractivity contribution in [2.45, 2.75) is 52.4 Å². The summed E-state index contributed by atoms with van der Waals surface area (Å²) in [5.74, 6) is 0. The van der Waals surface area contributed by atoms with E-state index >= 15 is 0 Å². The first kappa shape index (κ1) is 35.9. The van der Waals surface area contributed by atoms with E-state index in [4.69, 9.17) is 8.83 Å². The zero-order chi connectivity index (χ0) is 41.8. The van der Waals surface area contributed by atoms with Crippen molar-refractivity contribution in [3.63, 3.8) is 0 Å². The van der Waals surface area contributed by atoms with E-state index in [1.54, 1.807) is 0 Å². The number of anilines is 2.